The number of fused-ring (bicyclic) bond motifs is 2. The molecule has 1 aromatic carbocycles. The molecule has 12 heteroatoms. The molecule has 4 heterocycles. The number of aromatic nitrogens is 2. The monoisotopic (exact) mass is 557 g/mol. The Morgan fingerprint density at radius 3 is 2.75 bits per heavy atom. The zero-order valence-corrected chi connectivity index (χ0v) is 22.1. The maximum absolute atomic E-state index is 14.5. The first-order chi connectivity index (χ1) is 19.0. The van der Waals surface area contributed by atoms with Crippen LogP contribution in [0.3, 0.4) is 0 Å². The van der Waals surface area contributed by atoms with E-state index in [1.807, 2.05) is 42.0 Å². The lowest BCUT2D eigenvalue weighted by atomic mass is 9.94. The summed E-state index contributed by atoms with van der Waals surface area (Å²) in [5.41, 5.74) is 0.615. The highest BCUT2D eigenvalue weighted by molar-refractivity contribution is 6.09. The predicted molar refractivity (Wildman–Crippen MR) is 140 cm³/mol. The molecule has 0 radical (unpaired) electrons. The van der Waals surface area contributed by atoms with Crippen LogP contribution in [0.1, 0.15) is 31.0 Å². The van der Waals surface area contributed by atoms with Crippen molar-refractivity contribution in [2.45, 2.75) is 38.6 Å². The van der Waals surface area contributed by atoms with Crippen LogP contribution < -0.4 is 4.74 Å². The molecule has 1 atom stereocenters. The Kier molecular flexibility index (Phi) is 6.80. The van der Waals surface area contributed by atoms with Gasteiger partial charge in [0, 0.05) is 18.4 Å². The zero-order valence-electron chi connectivity index (χ0n) is 22.1. The molecule has 5 rings (SSSR count). The van der Waals surface area contributed by atoms with E-state index in [1.54, 1.807) is 13.4 Å². The number of aryl methyl sites for hydroxylation is 1. The minimum absolute atomic E-state index is 0.126. The van der Waals surface area contributed by atoms with Gasteiger partial charge >= 0.3 is 17.8 Å². The summed E-state index contributed by atoms with van der Waals surface area (Å²) >= 11 is 0. The van der Waals surface area contributed by atoms with Crippen LogP contribution in [0, 0.1) is 6.92 Å². The molecule has 2 fully saturated rings. The number of halogens is 4. The molecule has 2 aromatic rings. The minimum Gasteiger partial charge on any atom is -0.495 e. The topological polar surface area (TPSA) is 72.2 Å². The second kappa shape index (κ2) is 10.00. The van der Waals surface area contributed by atoms with E-state index < -0.39 is 30.2 Å². The number of ether oxygens (including phenoxy) is 1. The fraction of sp³-hybridized carbons (Fsp3) is 0.321. The number of amides is 1. The summed E-state index contributed by atoms with van der Waals surface area (Å²) in [4.78, 5) is 25.5. The van der Waals surface area contributed by atoms with E-state index in [0.717, 1.165) is 29.1 Å². The Balaban J connectivity index is 1.52. The molecule has 0 bridgehead atoms. The van der Waals surface area contributed by atoms with E-state index in [2.05, 4.69) is 16.7 Å². The van der Waals surface area contributed by atoms with Gasteiger partial charge < -0.3 is 19.0 Å². The van der Waals surface area contributed by atoms with Crippen LogP contribution in [0.2, 0.25) is 0 Å². The van der Waals surface area contributed by atoms with Gasteiger partial charge in [-0.25, -0.2) is 9.37 Å². The quantitative estimate of drug-likeness (QED) is 0.459. The third-order valence-corrected chi connectivity index (χ3v) is 6.98. The molecule has 8 nitrogen and oxygen atoms in total. The standard InChI is InChI=1S/C28H27F4N5O3/c1-5-21(29)13-22-18(3)36(15-27(30,31)32)26(38)28(22)37-10-6-7-20(25(37)34-40-28)11-19-8-9-23(24(12-19)39-4)35-14-17(2)33-16-35/h5,8-9,11-14,16H,3,6-7,10,15H2,1-2,4H3/b20-11?,21-5+,22-13+. The number of rotatable bonds is 5. The lowest BCUT2D eigenvalue weighted by Gasteiger charge is -2.36. The average Bonchev–Trinajstić information content (AvgIpc) is 3.58. The number of hydrogen-bond donors (Lipinski definition) is 0. The Morgan fingerprint density at radius 2 is 2.10 bits per heavy atom. The van der Waals surface area contributed by atoms with Crippen LogP contribution in [0.5, 0.6) is 5.75 Å². The van der Waals surface area contributed by atoms with Gasteiger partial charge in [0.25, 0.3) is 0 Å². The molecule has 1 spiro atoms. The van der Waals surface area contributed by atoms with Crippen LogP contribution >= 0.6 is 0 Å². The number of likely N-dealkylation sites (tertiary alicyclic amines) is 1. The maximum Gasteiger partial charge on any atom is 0.406 e. The number of methoxy groups -OCH3 is 1. The van der Waals surface area contributed by atoms with Crippen molar-refractivity contribution in [1.29, 1.82) is 0 Å². The van der Waals surface area contributed by atoms with E-state index in [9.17, 15) is 22.4 Å². The van der Waals surface area contributed by atoms with Gasteiger partial charge in [-0.05, 0) is 62.1 Å². The summed E-state index contributed by atoms with van der Waals surface area (Å²) < 4.78 is 62.0. The van der Waals surface area contributed by atoms with Crippen molar-refractivity contribution in [2.24, 2.45) is 5.16 Å². The van der Waals surface area contributed by atoms with Crippen molar-refractivity contribution in [3.05, 3.63) is 83.4 Å². The summed E-state index contributed by atoms with van der Waals surface area (Å²) in [7, 11) is 1.56. The molecular weight excluding hydrogens is 530 g/mol. The second-order valence-corrected chi connectivity index (χ2v) is 9.61. The lowest BCUT2D eigenvalue weighted by molar-refractivity contribution is -0.170. The smallest absolute Gasteiger partial charge is 0.406 e. The van der Waals surface area contributed by atoms with Crippen LogP contribution in [0.15, 0.2) is 77.3 Å². The SMILES string of the molecule is C=C1/C(=C\C(F)=C/C)C2(ON=C3C(=Cc4ccc(-n5cnc(C)c5)c(OC)c4)CCCN32)C(=O)N1CC(F)(F)F. The number of carbonyl (C=O) groups is 1. The molecule has 40 heavy (non-hydrogen) atoms. The molecule has 1 amide bonds. The molecule has 1 unspecified atom stereocenters. The van der Waals surface area contributed by atoms with Crippen LogP contribution in [0.25, 0.3) is 11.8 Å². The first-order valence-corrected chi connectivity index (χ1v) is 12.5. The van der Waals surface area contributed by atoms with E-state index in [-0.39, 0.29) is 17.8 Å². The number of alkyl halides is 3. The Bertz CT molecular complexity index is 1500. The highest BCUT2D eigenvalue weighted by Crippen LogP contribution is 2.48. The fourth-order valence-electron chi connectivity index (χ4n) is 5.14. The second-order valence-electron chi connectivity index (χ2n) is 9.61. The zero-order chi connectivity index (χ0) is 28.8. The van der Waals surface area contributed by atoms with Gasteiger partial charge in [0.15, 0.2) is 5.84 Å². The van der Waals surface area contributed by atoms with Crippen LogP contribution in [-0.2, 0) is 9.63 Å². The van der Waals surface area contributed by atoms with Gasteiger partial charge in [-0.3, -0.25) is 9.69 Å². The maximum atomic E-state index is 14.5. The molecule has 3 aliphatic rings. The summed E-state index contributed by atoms with van der Waals surface area (Å²) in [5, 5.41) is 4.16. The van der Waals surface area contributed by atoms with E-state index in [1.165, 1.54) is 11.8 Å². The number of piperidine rings is 1. The fourth-order valence-corrected chi connectivity index (χ4v) is 5.14. The van der Waals surface area contributed by atoms with E-state index >= 15 is 0 Å². The molecule has 1 aromatic heterocycles. The van der Waals surface area contributed by atoms with Gasteiger partial charge in [-0.1, -0.05) is 23.9 Å². The Labute approximate surface area is 228 Å². The van der Waals surface area contributed by atoms with Crippen molar-refractivity contribution >= 4 is 17.8 Å². The molecule has 210 valence electrons. The van der Waals surface area contributed by atoms with Crippen molar-refractivity contribution in [3.8, 4) is 11.4 Å². The highest BCUT2D eigenvalue weighted by atomic mass is 19.4. The van der Waals surface area contributed by atoms with Crippen molar-refractivity contribution in [3.63, 3.8) is 0 Å². The molecule has 3 aliphatic heterocycles. The lowest BCUT2D eigenvalue weighted by Crippen LogP contribution is -2.57. The number of imidazole rings is 1. The molecule has 0 saturated carbocycles. The number of amidine groups is 1. The molecule has 0 aliphatic carbocycles. The van der Waals surface area contributed by atoms with Gasteiger partial charge in [0.1, 0.15) is 18.1 Å². The number of nitrogens with zero attached hydrogens (tertiary/aromatic N) is 5. The number of oxime groups is 1. The predicted octanol–water partition coefficient (Wildman–Crippen LogP) is 5.43. The number of allylic oxidation sites excluding steroid dienone is 3. The third kappa shape index (κ3) is 4.56. The van der Waals surface area contributed by atoms with E-state index in [4.69, 9.17) is 9.57 Å². The molecular formula is C28H27F4N5O3. The summed E-state index contributed by atoms with van der Waals surface area (Å²) in [5.74, 6) is -0.882. The van der Waals surface area contributed by atoms with Gasteiger partial charge in [0.05, 0.1) is 30.4 Å². The van der Waals surface area contributed by atoms with Gasteiger partial charge in [-0.2, -0.15) is 13.2 Å². The summed E-state index contributed by atoms with van der Waals surface area (Å²) in [6.45, 7) is 5.67. The Hall–Kier alpha value is -4.35. The van der Waals surface area contributed by atoms with Crippen LogP contribution in [-0.4, -0.2) is 63.2 Å². The van der Waals surface area contributed by atoms with Crippen molar-refractivity contribution in [1.82, 2.24) is 19.4 Å². The average molecular weight is 558 g/mol. The molecule has 2 saturated heterocycles. The first-order valence-electron chi connectivity index (χ1n) is 12.5. The third-order valence-electron chi connectivity index (χ3n) is 6.98. The largest absolute Gasteiger partial charge is 0.495 e. The number of carbonyl (C=O) groups excluding carboxylic acids is 1. The highest BCUT2D eigenvalue weighted by Gasteiger charge is 2.65. The first kappa shape index (κ1) is 27.2. The van der Waals surface area contributed by atoms with Crippen LogP contribution in [0.4, 0.5) is 17.6 Å². The number of benzene rings is 1. The minimum atomic E-state index is -4.70. The van der Waals surface area contributed by atoms with Gasteiger partial charge in [-0.15, -0.1) is 0 Å². The van der Waals surface area contributed by atoms with Crippen molar-refractivity contribution in [2.75, 3.05) is 20.2 Å². The van der Waals surface area contributed by atoms with E-state index in [0.29, 0.717) is 34.9 Å². The molecule has 0 N–H and O–H groups in total. The number of hydrogen-bond acceptors (Lipinski definition) is 6. The Morgan fingerprint density at radius 1 is 1.32 bits per heavy atom. The normalized spacial score (nSPS) is 23.4. The summed E-state index contributed by atoms with van der Waals surface area (Å²) in [6, 6.07) is 5.59. The van der Waals surface area contributed by atoms with Crippen molar-refractivity contribution < 1.29 is 31.9 Å². The summed E-state index contributed by atoms with van der Waals surface area (Å²) in [6.07, 6.45) is 3.95. The van der Waals surface area contributed by atoms with Gasteiger partial charge in [0.2, 0.25) is 0 Å².